The van der Waals surface area contributed by atoms with E-state index in [0.717, 1.165) is 43.6 Å². The van der Waals surface area contributed by atoms with Gasteiger partial charge in [0.05, 0.1) is 0 Å². The minimum atomic E-state index is 0.280. The molecule has 0 aromatic carbocycles. The number of nitrogens with one attached hydrogen (secondary N) is 1. The fourth-order valence-corrected chi connectivity index (χ4v) is 3.22. The van der Waals surface area contributed by atoms with Crippen LogP contribution in [0.15, 0.2) is 12.4 Å². The molecule has 1 saturated heterocycles. The molecule has 1 aromatic rings. The van der Waals surface area contributed by atoms with E-state index in [2.05, 4.69) is 33.2 Å². The molecule has 2 heterocycles. The molecule has 1 unspecified atom stereocenters. The average molecular weight is 290 g/mol. The molecule has 1 aliphatic heterocycles. The van der Waals surface area contributed by atoms with Crippen molar-refractivity contribution in [3.63, 3.8) is 0 Å². The highest BCUT2D eigenvalue weighted by Crippen LogP contribution is 2.48. The molecule has 0 radical (unpaired) electrons. The van der Waals surface area contributed by atoms with Gasteiger partial charge in [-0.3, -0.25) is 0 Å². The van der Waals surface area contributed by atoms with E-state index in [1.165, 1.54) is 25.7 Å². The zero-order chi connectivity index (χ0) is 14.7. The van der Waals surface area contributed by atoms with Gasteiger partial charge in [0.1, 0.15) is 18.0 Å². The fraction of sp³-hybridized carbons (Fsp3) is 0.750. The van der Waals surface area contributed by atoms with Crippen LogP contribution in [0, 0.1) is 11.3 Å². The highest BCUT2D eigenvalue weighted by molar-refractivity contribution is 5.49. The summed E-state index contributed by atoms with van der Waals surface area (Å²) in [6.45, 7) is 5.67. The summed E-state index contributed by atoms with van der Waals surface area (Å²) in [6, 6.07) is 2.06. The zero-order valence-corrected chi connectivity index (χ0v) is 12.9. The van der Waals surface area contributed by atoms with Gasteiger partial charge in [0.15, 0.2) is 0 Å². The molecule has 2 N–H and O–H groups in total. The number of rotatable bonds is 6. The summed E-state index contributed by atoms with van der Waals surface area (Å²) in [6.07, 6.45) is 7.53. The molecule has 1 saturated carbocycles. The lowest BCUT2D eigenvalue weighted by molar-refractivity contribution is 0.253. The number of aliphatic hydroxyl groups excluding tert-OH is 1. The van der Waals surface area contributed by atoms with Crippen LogP contribution in [-0.4, -0.2) is 41.3 Å². The number of nitrogens with zero attached hydrogens (tertiary/aromatic N) is 3. The van der Waals surface area contributed by atoms with Crippen molar-refractivity contribution in [3.8, 4) is 0 Å². The van der Waals surface area contributed by atoms with E-state index in [1.54, 1.807) is 6.33 Å². The second-order valence-corrected chi connectivity index (χ2v) is 6.78. The summed E-state index contributed by atoms with van der Waals surface area (Å²) in [5.74, 6) is 2.68. The van der Waals surface area contributed by atoms with E-state index in [4.69, 9.17) is 5.11 Å². The van der Waals surface area contributed by atoms with Crippen molar-refractivity contribution in [2.75, 3.05) is 36.5 Å². The van der Waals surface area contributed by atoms with Crippen molar-refractivity contribution >= 4 is 11.6 Å². The first-order valence-electron chi connectivity index (χ1n) is 8.12. The molecular weight excluding hydrogens is 264 g/mol. The summed E-state index contributed by atoms with van der Waals surface area (Å²) in [4.78, 5) is 11.1. The molecule has 3 rings (SSSR count). The number of aromatic nitrogens is 2. The van der Waals surface area contributed by atoms with Crippen molar-refractivity contribution < 1.29 is 5.11 Å². The van der Waals surface area contributed by atoms with Crippen LogP contribution >= 0.6 is 0 Å². The molecule has 21 heavy (non-hydrogen) atoms. The van der Waals surface area contributed by atoms with Gasteiger partial charge in [0.2, 0.25) is 0 Å². The predicted molar refractivity (Wildman–Crippen MR) is 84.5 cm³/mol. The van der Waals surface area contributed by atoms with E-state index < -0.39 is 0 Å². The number of piperidine rings is 1. The quantitative estimate of drug-likeness (QED) is 0.841. The lowest BCUT2D eigenvalue weighted by Gasteiger charge is -2.31. The van der Waals surface area contributed by atoms with Crippen molar-refractivity contribution in [2.24, 2.45) is 11.3 Å². The Hall–Kier alpha value is -1.36. The van der Waals surface area contributed by atoms with Gasteiger partial charge in [0.25, 0.3) is 0 Å². The zero-order valence-electron chi connectivity index (χ0n) is 12.9. The first-order valence-corrected chi connectivity index (χ1v) is 8.12. The molecule has 116 valence electrons. The average Bonchev–Trinajstić information content (AvgIpc) is 3.26. The molecule has 2 aliphatic rings. The third-order valence-electron chi connectivity index (χ3n) is 4.88. The maximum atomic E-state index is 9.12. The monoisotopic (exact) mass is 290 g/mol. The highest BCUT2D eigenvalue weighted by atomic mass is 16.3. The van der Waals surface area contributed by atoms with Gasteiger partial charge in [-0.2, -0.15) is 0 Å². The van der Waals surface area contributed by atoms with Gasteiger partial charge in [-0.1, -0.05) is 6.92 Å². The molecule has 0 bridgehead atoms. The van der Waals surface area contributed by atoms with Crippen molar-refractivity contribution in [1.82, 2.24) is 9.97 Å². The van der Waals surface area contributed by atoms with Crippen LogP contribution in [0.25, 0.3) is 0 Å². The van der Waals surface area contributed by atoms with Crippen molar-refractivity contribution in [1.29, 1.82) is 0 Å². The van der Waals surface area contributed by atoms with Crippen LogP contribution in [0.2, 0.25) is 0 Å². The minimum Gasteiger partial charge on any atom is -0.396 e. The topological polar surface area (TPSA) is 61.3 Å². The highest BCUT2D eigenvalue weighted by Gasteiger charge is 2.41. The fourth-order valence-electron chi connectivity index (χ4n) is 3.22. The Labute approximate surface area is 126 Å². The molecular formula is C16H26N4O. The van der Waals surface area contributed by atoms with E-state index in [9.17, 15) is 0 Å². The van der Waals surface area contributed by atoms with E-state index >= 15 is 0 Å². The summed E-state index contributed by atoms with van der Waals surface area (Å²) in [5, 5.41) is 12.6. The number of hydrogen-bond donors (Lipinski definition) is 2. The lowest BCUT2D eigenvalue weighted by Crippen LogP contribution is -2.34. The first-order chi connectivity index (χ1) is 10.2. The largest absolute Gasteiger partial charge is 0.396 e. The second-order valence-electron chi connectivity index (χ2n) is 6.78. The van der Waals surface area contributed by atoms with Crippen LogP contribution in [0.1, 0.15) is 39.0 Å². The maximum absolute atomic E-state index is 9.12. The van der Waals surface area contributed by atoms with Crippen LogP contribution < -0.4 is 10.2 Å². The van der Waals surface area contributed by atoms with Crippen LogP contribution in [0.4, 0.5) is 11.6 Å². The van der Waals surface area contributed by atoms with E-state index in [1.807, 2.05) is 0 Å². The normalized spacial score (nSPS) is 23.9. The van der Waals surface area contributed by atoms with Gasteiger partial charge in [-0.25, -0.2) is 9.97 Å². The second kappa shape index (κ2) is 6.18. The number of aliphatic hydroxyl groups is 1. The SMILES string of the molecule is CC1CCCN(c2cc(NCC3(CCO)CC3)ncn2)C1. The molecule has 5 nitrogen and oxygen atoms in total. The summed E-state index contributed by atoms with van der Waals surface area (Å²) in [5.41, 5.74) is 0.305. The predicted octanol–water partition coefficient (Wildman–Crippen LogP) is 2.29. The molecule has 0 amide bonds. The maximum Gasteiger partial charge on any atom is 0.134 e. The standard InChI is InChI=1S/C16H26N4O/c1-13-3-2-7-20(10-13)15-9-14(18-12-19-15)17-11-16(4-5-16)6-8-21/h9,12-13,21H,2-8,10-11H2,1H3,(H,17,18,19). The Morgan fingerprint density at radius 1 is 1.43 bits per heavy atom. The third kappa shape index (κ3) is 3.64. The van der Waals surface area contributed by atoms with Crippen LogP contribution in [0.5, 0.6) is 0 Å². The van der Waals surface area contributed by atoms with Crippen molar-refractivity contribution in [2.45, 2.75) is 39.0 Å². The Kier molecular flexibility index (Phi) is 4.29. The van der Waals surface area contributed by atoms with E-state index in [0.29, 0.717) is 5.41 Å². The molecule has 2 fully saturated rings. The first kappa shape index (κ1) is 14.6. The summed E-state index contributed by atoms with van der Waals surface area (Å²) in [7, 11) is 0. The lowest BCUT2D eigenvalue weighted by atomic mass is 10.0. The Morgan fingerprint density at radius 3 is 3.00 bits per heavy atom. The van der Waals surface area contributed by atoms with Crippen LogP contribution in [-0.2, 0) is 0 Å². The third-order valence-corrected chi connectivity index (χ3v) is 4.88. The van der Waals surface area contributed by atoms with Gasteiger partial charge in [-0.15, -0.1) is 0 Å². The Balaban J connectivity index is 1.60. The molecule has 5 heteroatoms. The van der Waals surface area contributed by atoms with Gasteiger partial charge in [-0.05, 0) is 43.4 Å². The number of anilines is 2. The molecule has 1 atom stereocenters. The summed E-state index contributed by atoms with van der Waals surface area (Å²) >= 11 is 0. The van der Waals surface area contributed by atoms with Crippen molar-refractivity contribution in [3.05, 3.63) is 12.4 Å². The minimum absolute atomic E-state index is 0.280. The Morgan fingerprint density at radius 2 is 2.29 bits per heavy atom. The van der Waals surface area contributed by atoms with Gasteiger partial charge < -0.3 is 15.3 Å². The molecule has 0 spiro atoms. The van der Waals surface area contributed by atoms with Crippen LogP contribution in [0.3, 0.4) is 0 Å². The smallest absolute Gasteiger partial charge is 0.134 e. The molecule has 1 aliphatic carbocycles. The van der Waals surface area contributed by atoms with Gasteiger partial charge in [0, 0.05) is 32.3 Å². The molecule has 1 aromatic heterocycles. The van der Waals surface area contributed by atoms with E-state index in [-0.39, 0.29) is 6.61 Å². The number of hydrogen-bond acceptors (Lipinski definition) is 5. The summed E-state index contributed by atoms with van der Waals surface area (Å²) < 4.78 is 0. The Bertz CT molecular complexity index is 475. The van der Waals surface area contributed by atoms with Gasteiger partial charge >= 0.3 is 0 Å².